The zero-order chi connectivity index (χ0) is 14.9. The number of hydrogen-bond donors (Lipinski definition) is 1. The van der Waals surface area contributed by atoms with Crippen LogP contribution >= 0.6 is 15.9 Å². The van der Waals surface area contributed by atoms with Crippen LogP contribution in [0.2, 0.25) is 0 Å². The molecule has 1 aromatic heterocycles. The van der Waals surface area contributed by atoms with Gasteiger partial charge in [-0.3, -0.25) is 9.59 Å². The molecule has 110 valence electrons. The number of carbonyl (C=O) groups excluding carboxylic acids is 1. The molecule has 1 fully saturated rings. The van der Waals surface area contributed by atoms with Gasteiger partial charge in [-0.05, 0) is 28.9 Å². The summed E-state index contributed by atoms with van der Waals surface area (Å²) >= 11 is 3.35. The van der Waals surface area contributed by atoms with E-state index in [0.717, 1.165) is 4.47 Å². The number of likely N-dealkylation sites (N-methyl/N-ethyl adjacent to an activating group) is 1. The highest BCUT2D eigenvalue weighted by molar-refractivity contribution is 9.10. The summed E-state index contributed by atoms with van der Waals surface area (Å²) in [5.74, 6) is -1.80. The van der Waals surface area contributed by atoms with Gasteiger partial charge >= 0.3 is 5.97 Å². The van der Waals surface area contributed by atoms with Gasteiger partial charge in [0.15, 0.2) is 0 Å². The fraction of sp³-hybridized carbons (Fsp3) is 0.538. The maximum Gasteiger partial charge on any atom is 0.311 e. The second kappa shape index (κ2) is 5.97. The van der Waals surface area contributed by atoms with Crippen molar-refractivity contribution in [2.24, 2.45) is 5.92 Å². The Labute approximate surface area is 125 Å². The molecule has 2 unspecified atom stereocenters. The lowest BCUT2D eigenvalue weighted by Crippen LogP contribution is -2.44. The summed E-state index contributed by atoms with van der Waals surface area (Å²) in [6.45, 7) is 3.02. The predicted molar refractivity (Wildman–Crippen MR) is 75.6 cm³/mol. The Kier molecular flexibility index (Phi) is 4.49. The van der Waals surface area contributed by atoms with Gasteiger partial charge in [0.1, 0.15) is 11.6 Å². The Morgan fingerprint density at radius 1 is 1.55 bits per heavy atom. The summed E-state index contributed by atoms with van der Waals surface area (Å²) in [6, 6.07) is 1.31. The molecule has 7 heteroatoms. The lowest BCUT2D eigenvalue weighted by atomic mass is 10.0. The Balaban J connectivity index is 2.21. The molecule has 20 heavy (non-hydrogen) atoms. The van der Waals surface area contributed by atoms with Crippen LogP contribution in [-0.2, 0) is 16.1 Å². The Morgan fingerprint density at radius 3 is 2.85 bits per heavy atom. The van der Waals surface area contributed by atoms with Gasteiger partial charge in [-0.15, -0.1) is 0 Å². The predicted octanol–water partition coefficient (Wildman–Crippen LogP) is 1.44. The minimum atomic E-state index is -0.931. The van der Waals surface area contributed by atoms with Crippen LogP contribution in [0.4, 0.5) is 0 Å². The minimum Gasteiger partial charge on any atom is -0.481 e. The molecule has 2 heterocycles. The third-order valence-electron chi connectivity index (χ3n) is 3.61. The normalized spacial score (nSPS) is 21.9. The van der Waals surface area contributed by atoms with E-state index >= 15 is 0 Å². The van der Waals surface area contributed by atoms with Crippen molar-refractivity contribution < 1.29 is 19.4 Å². The summed E-state index contributed by atoms with van der Waals surface area (Å²) in [5, 5.41) is 9.16. The van der Waals surface area contributed by atoms with Crippen LogP contribution < -0.4 is 0 Å². The number of carboxylic acids is 1. The van der Waals surface area contributed by atoms with Gasteiger partial charge in [-0.1, -0.05) is 0 Å². The molecule has 0 bridgehead atoms. The molecule has 0 radical (unpaired) electrons. The summed E-state index contributed by atoms with van der Waals surface area (Å²) in [7, 11) is 1.62. The van der Waals surface area contributed by atoms with E-state index in [9.17, 15) is 9.59 Å². The van der Waals surface area contributed by atoms with Gasteiger partial charge in [-0.25, -0.2) is 0 Å². The van der Waals surface area contributed by atoms with Crippen molar-refractivity contribution >= 4 is 27.8 Å². The largest absolute Gasteiger partial charge is 0.481 e. The number of hydrogen-bond acceptors (Lipinski definition) is 3. The lowest BCUT2D eigenvalue weighted by molar-refractivity contribution is -0.142. The van der Waals surface area contributed by atoms with E-state index in [1.54, 1.807) is 13.1 Å². The molecular formula is C13H17BrN2O4. The lowest BCUT2D eigenvalue weighted by Gasteiger charge is -2.26. The first-order valence-corrected chi connectivity index (χ1v) is 7.18. The van der Waals surface area contributed by atoms with Crippen LogP contribution in [0.25, 0.3) is 0 Å². The second-order valence-electron chi connectivity index (χ2n) is 4.80. The maximum atomic E-state index is 12.5. The zero-order valence-corrected chi connectivity index (χ0v) is 13.0. The summed E-state index contributed by atoms with van der Waals surface area (Å²) in [6.07, 6.45) is 1.83. The molecule has 1 saturated heterocycles. The molecular weight excluding hydrogens is 328 g/mol. The van der Waals surface area contributed by atoms with E-state index in [1.807, 2.05) is 17.7 Å². The molecule has 0 saturated carbocycles. The monoisotopic (exact) mass is 344 g/mol. The van der Waals surface area contributed by atoms with Crippen LogP contribution in [0.5, 0.6) is 0 Å². The van der Waals surface area contributed by atoms with Gasteiger partial charge < -0.3 is 19.3 Å². The first-order chi connectivity index (χ1) is 9.45. The number of carbonyl (C=O) groups is 2. The van der Waals surface area contributed by atoms with E-state index in [0.29, 0.717) is 12.2 Å². The number of rotatable bonds is 4. The van der Waals surface area contributed by atoms with Gasteiger partial charge in [0, 0.05) is 24.3 Å². The zero-order valence-electron chi connectivity index (χ0n) is 11.4. The second-order valence-corrected chi connectivity index (χ2v) is 5.71. The average molecular weight is 345 g/mol. The Bertz CT molecular complexity index is 528. The van der Waals surface area contributed by atoms with Crippen molar-refractivity contribution in [3.8, 4) is 0 Å². The van der Waals surface area contributed by atoms with Gasteiger partial charge in [0.05, 0.1) is 19.3 Å². The third-order valence-corrected chi connectivity index (χ3v) is 4.04. The van der Waals surface area contributed by atoms with Crippen LogP contribution in [0.1, 0.15) is 17.4 Å². The maximum absolute atomic E-state index is 12.5. The van der Waals surface area contributed by atoms with Crippen molar-refractivity contribution in [3.63, 3.8) is 0 Å². The van der Waals surface area contributed by atoms with E-state index < -0.39 is 17.9 Å². The summed E-state index contributed by atoms with van der Waals surface area (Å²) in [4.78, 5) is 25.2. The van der Waals surface area contributed by atoms with E-state index in [4.69, 9.17) is 9.84 Å². The number of carboxylic acid groups (broad SMARTS) is 1. The molecule has 0 aliphatic carbocycles. The number of nitrogens with zero attached hydrogens (tertiary/aromatic N) is 2. The molecule has 1 aromatic rings. The van der Waals surface area contributed by atoms with E-state index in [1.165, 1.54) is 4.90 Å². The molecule has 1 aliphatic heterocycles. The fourth-order valence-corrected chi connectivity index (χ4v) is 2.87. The topological polar surface area (TPSA) is 71.8 Å². The SMILES string of the molecule is CCn1cc(Br)cc1C(=O)N(C)C1COCC1C(=O)O. The molecule has 2 atom stereocenters. The first kappa shape index (κ1) is 15.1. The quantitative estimate of drug-likeness (QED) is 0.897. The number of aryl methyl sites for hydroxylation is 1. The fourth-order valence-electron chi connectivity index (χ4n) is 2.41. The minimum absolute atomic E-state index is 0.149. The van der Waals surface area contributed by atoms with Gasteiger partial charge in [0.25, 0.3) is 5.91 Å². The summed E-state index contributed by atoms with van der Waals surface area (Å²) in [5.41, 5.74) is 0.540. The smallest absolute Gasteiger partial charge is 0.311 e. The van der Waals surface area contributed by atoms with Crippen molar-refractivity contribution in [2.45, 2.75) is 19.5 Å². The number of aliphatic carboxylic acids is 1. The van der Waals surface area contributed by atoms with Gasteiger partial charge in [0.2, 0.25) is 0 Å². The number of halogens is 1. The number of aromatic nitrogens is 1. The van der Waals surface area contributed by atoms with Gasteiger partial charge in [-0.2, -0.15) is 0 Å². The van der Waals surface area contributed by atoms with Crippen molar-refractivity contribution in [1.82, 2.24) is 9.47 Å². The molecule has 2 rings (SSSR count). The molecule has 1 aliphatic rings. The Morgan fingerprint density at radius 2 is 2.25 bits per heavy atom. The highest BCUT2D eigenvalue weighted by Crippen LogP contribution is 2.22. The van der Waals surface area contributed by atoms with Crippen molar-refractivity contribution in [1.29, 1.82) is 0 Å². The first-order valence-electron chi connectivity index (χ1n) is 6.39. The van der Waals surface area contributed by atoms with Crippen LogP contribution in [0, 0.1) is 5.92 Å². The van der Waals surface area contributed by atoms with E-state index in [-0.39, 0.29) is 19.1 Å². The standard InChI is InChI=1S/C13H17BrN2O4/c1-3-16-5-8(14)4-10(16)12(17)15(2)11-7-20-6-9(11)13(18)19/h4-5,9,11H,3,6-7H2,1-2H3,(H,18,19). The molecule has 0 spiro atoms. The molecule has 6 nitrogen and oxygen atoms in total. The highest BCUT2D eigenvalue weighted by Gasteiger charge is 2.39. The molecule has 1 amide bonds. The highest BCUT2D eigenvalue weighted by atomic mass is 79.9. The Hall–Kier alpha value is -1.34. The molecule has 0 aromatic carbocycles. The number of ether oxygens (including phenoxy) is 1. The van der Waals surface area contributed by atoms with Crippen molar-refractivity contribution in [2.75, 3.05) is 20.3 Å². The summed E-state index contributed by atoms with van der Waals surface area (Å²) < 4.78 is 7.86. The van der Waals surface area contributed by atoms with Crippen LogP contribution in [0.3, 0.4) is 0 Å². The molecule has 1 N–H and O–H groups in total. The van der Waals surface area contributed by atoms with Crippen molar-refractivity contribution in [3.05, 3.63) is 22.4 Å². The third kappa shape index (κ3) is 2.73. The van der Waals surface area contributed by atoms with E-state index in [2.05, 4.69) is 15.9 Å². The van der Waals surface area contributed by atoms with Crippen LogP contribution in [-0.4, -0.2) is 52.8 Å². The number of amides is 1. The van der Waals surface area contributed by atoms with Crippen LogP contribution in [0.15, 0.2) is 16.7 Å². The average Bonchev–Trinajstić information content (AvgIpc) is 3.02.